The molecule has 1 aromatic heterocycles. The van der Waals surface area contributed by atoms with Crippen molar-refractivity contribution < 1.29 is 0 Å². The van der Waals surface area contributed by atoms with Crippen molar-refractivity contribution in [3.63, 3.8) is 0 Å². The van der Waals surface area contributed by atoms with E-state index in [9.17, 15) is 0 Å². The fraction of sp³-hybridized carbons (Fsp3) is 0.385. The number of hydrogen-bond acceptors (Lipinski definition) is 2. The third-order valence-electron chi connectivity index (χ3n) is 2.72. The summed E-state index contributed by atoms with van der Waals surface area (Å²) in [4.78, 5) is 4.00. The van der Waals surface area contributed by atoms with Crippen LogP contribution in [0.3, 0.4) is 0 Å². The molecular formula is C13H16ClN3. The Labute approximate surface area is 106 Å². The second-order valence-electron chi connectivity index (χ2n) is 5.21. The lowest BCUT2D eigenvalue weighted by Gasteiger charge is -2.24. The average Bonchev–Trinajstić information content (AvgIpc) is 2.67. The van der Waals surface area contributed by atoms with Crippen LogP contribution in [-0.2, 0) is 5.41 Å². The molecule has 90 valence electrons. The Hall–Kier alpha value is -1.35. The molecule has 0 unspecified atom stereocenters. The normalized spacial score (nSPS) is 11.8. The van der Waals surface area contributed by atoms with E-state index >= 15 is 0 Å². The minimum absolute atomic E-state index is 0.0109. The van der Waals surface area contributed by atoms with Gasteiger partial charge in [-0.2, -0.15) is 5.10 Å². The number of aryl methyl sites for hydroxylation is 1. The molecule has 2 rings (SSSR count). The first-order valence-electron chi connectivity index (χ1n) is 5.55. The van der Waals surface area contributed by atoms with Gasteiger partial charge in [0.05, 0.1) is 5.69 Å². The Bertz CT molecular complexity index is 524. The molecule has 4 heteroatoms. The SMILES string of the molecule is Cc1cc(Cl)cc(C(C)(C)C)c1-n1cncn1. The van der Waals surface area contributed by atoms with Crippen LogP contribution in [0.25, 0.3) is 5.69 Å². The summed E-state index contributed by atoms with van der Waals surface area (Å²) in [7, 11) is 0. The average molecular weight is 250 g/mol. The summed E-state index contributed by atoms with van der Waals surface area (Å²) < 4.78 is 1.80. The van der Waals surface area contributed by atoms with Crippen molar-refractivity contribution in [3.05, 3.63) is 40.9 Å². The fourth-order valence-electron chi connectivity index (χ4n) is 1.94. The highest BCUT2D eigenvalue weighted by Gasteiger charge is 2.21. The molecule has 0 aliphatic rings. The van der Waals surface area contributed by atoms with Gasteiger partial charge in [0.1, 0.15) is 12.7 Å². The molecule has 3 nitrogen and oxygen atoms in total. The molecule has 1 heterocycles. The first-order valence-corrected chi connectivity index (χ1v) is 5.93. The molecular weight excluding hydrogens is 234 g/mol. The van der Waals surface area contributed by atoms with Crippen molar-refractivity contribution in [2.75, 3.05) is 0 Å². The summed E-state index contributed by atoms with van der Waals surface area (Å²) in [5, 5.41) is 4.97. The molecule has 0 N–H and O–H groups in total. The van der Waals surface area contributed by atoms with Crippen LogP contribution in [-0.4, -0.2) is 14.8 Å². The molecule has 0 aliphatic carbocycles. The number of aromatic nitrogens is 3. The molecule has 0 radical (unpaired) electrons. The van der Waals surface area contributed by atoms with E-state index in [1.165, 1.54) is 5.56 Å². The Morgan fingerprint density at radius 3 is 2.47 bits per heavy atom. The predicted octanol–water partition coefficient (Wildman–Crippen LogP) is 3.53. The highest BCUT2D eigenvalue weighted by molar-refractivity contribution is 6.30. The first-order chi connectivity index (χ1) is 7.89. The smallest absolute Gasteiger partial charge is 0.138 e. The number of hydrogen-bond donors (Lipinski definition) is 0. The van der Waals surface area contributed by atoms with Gasteiger partial charge in [0.25, 0.3) is 0 Å². The van der Waals surface area contributed by atoms with Crippen molar-refractivity contribution in [3.8, 4) is 5.69 Å². The van der Waals surface area contributed by atoms with Crippen molar-refractivity contribution in [1.82, 2.24) is 14.8 Å². The lowest BCUT2D eigenvalue weighted by molar-refractivity contribution is 0.582. The van der Waals surface area contributed by atoms with Crippen LogP contribution in [0.1, 0.15) is 31.9 Å². The number of halogens is 1. The maximum Gasteiger partial charge on any atom is 0.138 e. The van der Waals surface area contributed by atoms with Crippen LogP contribution in [0.2, 0.25) is 5.02 Å². The van der Waals surface area contributed by atoms with Crippen molar-refractivity contribution >= 4 is 11.6 Å². The molecule has 1 aromatic carbocycles. The van der Waals surface area contributed by atoms with E-state index in [2.05, 4.69) is 30.9 Å². The topological polar surface area (TPSA) is 30.7 Å². The third kappa shape index (κ3) is 2.34. The summed E-state index contributed by atoms with van der Waals surface area (Å²) in [6.45, 7) is 8.54. The summed E-state index contributed by atoms with van der Waals surface area (Å²) in [5.41, 5.74) is 3.36. The lowest BCUT2D eigenvalue weighted by Crippen LogP contribution is -2.16. The van der Waals surface area contributed by atoms with Gasteiger partial charge in [-0.05, 0) is 35.6 Å². The molecule has 0 fully saturated rings. The van der Waals surface area contributed by atoms with Gasteiger partial charge in [0, 0.05) is 5.02 Å². The number of benzene rings is 1. The van der Waals surface area contributed by atoms with Gasteiger partial charge in [-0.15, -0.1) is 0 Å². The van der Waals surface area contributed by atoms with Crippen LogP contribution in [0.15, 0.2) is 24.8 Å². The summed E-state index contributed by atoms with van der Waals surface area (Å²) in [6.07, 6.45) is 3.26. The van der Waals surface area contributed by atoms with E-state index in [1.807, 2.05) is 19.1 Å². The van der Waals surface area contributed by atoms with E-state index in [4.69, 9.17) is 11.6 Å². The van der Waals surface area contributed by atoms with Crippen LogP contribution in [0, 0.1) is 6.92 Å². The van der Waals surface area contributed by atoms with Crippen LogP contribution in [0.4, 0.5) is 0 Å². The van der Waals surface area contributed by atoms with Crippen LogP contribution < -0.4 is 0 Å². The minimum atomic E-state index is 0.0109. The third-order valence-corrected chi connectivity index (χ3v) is 2.94. The molecule has 0 saturated heterocycles. The number of rotatable bonds is 1. The zero-order chi connectivity index (χ0) is 12.6. The maximum atomic E-state index is 6.14. The summed E-state index contributed by atoms with van der Waals surface area (Å²) in [5.74, 6) is 0. The highest BCUT2D eigenvalue weighted by Crippen LogP contribution is 2.32. The van der Waals surface area contributed by atoms with E-state index in [1.54, 1.807) is 17.3 Å². The molecule has 0 spiro atoms. The first kappa shape index (κ1) is 12.1. The molecule has 17 heavy (non-hydrogen) atoms. The van der Waals surface area contributed by atoms with Gasteiger partial charge in [0.15, 0.2) is 0 Å². The zero-order valence-corrected chi connectivity index (χ0v) is 11.3. The van der Waals surface area contributed by atoms with E-state index in [0.717, 1.165) is 16.3 Å². The minimum Gasteiger partial charge on any atom is -0.223 e. The predicted molar refractivity (Wildman–Crippen MR) is 69.8 cm³/mol. The summed E-state index contributed by atoms with van der Waals surface area (Å²) in [6, 6.07) is 3.96. The zero-order valence-electron chi connectivity index (χ0n) is 10.5. The molecule has 0 atom stereocenters. The largest absolute Gasteiger partial charge is 0.223 e. The molecule has 0 bridgehead atoms. The van der Waals surface area contributed by atoms with E-state index < -0.39 is 0 Å². The second kappa shape index (κ2) is 4.15. The van der Waals surface area contributed by atoms with Gasteiger partial charge >= 0.3 is 0 Å². The second-order valence-corrected chi connectivity index (χ2v) is 5.65. The lowest BCUT2D eigenvalue weighted by atomic mass is 9.84. The highest BCUT2D eigenvalue weighted by atomic mass is 35.5. The molecule has 2 aromatic rings. The molecule has 0 amide bonds. The molecule has 0 saturated carbocycles. The Morgan fingerprint density at radius 1 is 1.24 bits per heavy atom. The van der Waals surface area contributed by atoms with Crippen LogP contribution >= 0.6 is 11.6 Å². The van der Waals surface area contributed by atoms with Crippen LogP contribution in [0.5, 0.6) is 0 Å². The Morgan fingerprint density at radius 2 is 1.94 bits per heavy atom. The van der Waals surface area contributed by atoms with Gasteiger partial charge in [-0.3, -0.25) is 0 Å². The Balaban J connectivity index is 2.73. The fourth-order valence-corrected chi connectivity index (χ4v) is 2.21. The molecule has 0 aliphatic heterocycles. The van der Waals surface area contributed by atoms with Crippen molar-refractivity contribution in [1.29, 1.82) is 0 Å². The monoisotopic (exact) mass is 249 g/mol. The maximum absolute atomic E-state index is 6.14. The van der Waals surface area contributed by atoms with E-state index in [-0.39, 0.29) is 5.41 Å². The van der Waals surface area contributed by atoms with Crippen molar-refractivity contribution in [2.45, 2.75) is 33.1 Å². The standard InChI is InChI=1S/C13H16ClN3/c1-9-5-10(14)6-11(13(2,3)4)12(9)17-8-15-7-16-17/h5-8H,1-4H3. The number of nitrogens with zero attached hydrogens (tertiary/aromatic N) is 3. The van der Waals surface area contributed by atoms with Gasteiger partial charge in [-0.1, -0.05) is 32.4 Å². The quantitative estimate of drug-likeness (QED) is 0.774. The van der Waals surface area contributed by atoms with Crippen molar-refractivity contribution in [2.24, 2.45) is 0 Å². The van der Waals surface area contributed by atoms with Gasteiger partial charge < -0.3 is 0 Å². The van der Waals surface area contributed by atoms with Gasteiger partial charge in [-0.25, -0.2) is 9.67 Å². The van der Waals surface area contributed by atoms with E-state index in [0.29, 0.717) is 0 Å². The van der Waals surface area contributed by atoms with Gasteiger partial charge in [0.2, 0.25) is 0 Å². The summed E-state index contributed by atoms with van der Waals surface area (Å²) >= 11 is 6.14. The Kier molecular flexibility index (Phi) is 2.96.